The Hall–Kier alpha value is -1.95. The molecule has 0 saturated heterocycles. The Kier molecular flexibility index (Phi) is 1.90. The van der Waals surface area contributed by atoms with Crippen LogP contribution in [0.25, 0.3) is 17.4 Å². The van der Waals surface area contributed by atoms with Crippen LogP contribution in [0.1, 0.15) is 6.42 Å². The molecule has 6 heteroatoms. The van der Waals surface area contributed by atoms with Crippen molar-refractivity contribution in [3.05, 3.63) is 18.2 Å². The minimum atomic E-state index is 0.204. The van der Waals surface area contributed by atoms with Crippen molar-refractivity contribution in [2.24, 2.45) is 5.92 Å². The van der Waals surface area contributed by atoms with Crippen LogP contribution in [0.2, 0.25) is 0 Å². The molecule has 0 radical (unpaired) electrons. The summed E-state index contributed by atoms with van der Waals surface area (Å²) in [6.07, 6.45) is 5.97. The topological polar surface area (TPSA) is 89.9 Å². The van der Waals surface area contributed by atoms with Crippen LogP contribution in [0.4, 0.5) is 5.82 Å². The first-order chi connectivity index (χ1) is 7.79. The molecule has 2 aromatic rings. The maximum absolute atomic E-state index is 8.95. The molecule has 0 aliphatic heterocycles. The molecule has 0 amide bonds. The third-order valence-electron chi connectivity index (χ3n) is 2.76. The number of nitrogen functional groups attached to an aromatic ring is 1. The molecule has 3 rings (SSSR count). The lowest BCUT2D eigenvalue weighted by atomic mass is 10.4. The molecule has 2 heterocycles. The fourth-order valence-electron chi connectivity index (χ4n) is 1.71. The number of aromatic nitrogens is 4. The van der Waals surface area contributed by atoms with Gasteiger partial charge in [0.2, 0.25) is 0 Å². The molecule has 0 aromatic carbocycles. The van der Waals surface area contributed by atoms with Gasteiger partial charge in [0.25, 0.3) is 0 Å². The highest BCUT2D eigenvalue weighted by molar-refractivity contribution is 5.82. The monoisotopic (exact) mass is 217 g/mol. The Morgan fingerprint density at radius 1 is 1.50 bits per heavy atom. The summed E-state index contributed by atoms with van der Waals surface area (Å²) in [5, 5.41) is 8.95. The van der Waals surface area contributed by atoms with Gasteiger partial charge in [-0.15, -0.1) is 0 Å². The summed E-state index contributed by atoms with van der Waals surface area (Å²) >= 11 is 0. The molecule has 3 N–H and O–H groups in total. The lowest BCUT2D eigenvalue weighted by Crippen LogP contribution is -1.94. The van der Waals surface area contributed by atoms with Gasteiger partial charge in [0.1, 0.15) is 12.7 Å². The Balaban J connectivity index is 2.06. The lowest BCUT2D eigenvalue weighted by molar-refractivity contribution is 0.281. The Morgan fingerprint density at radius 3 is 3.12 bits per heavy atom. The molecule has 0 spiro atoms. The van der Waals surface area contributed by atoms with Gasteiger partial charge >= 0.3 is 0 Å². The average molecular weight is 217 g/mol. The van der Waals surface area contributed by atoms with E-state index in [1.807, 2.05) is 10.8 Å². The van der Waals surface area contributed by atoms with Crippen LogP contribution < -0.4 is 5.73 Å². The van der Waals surface area contributed by atoms with Crippen LogP contribution in [-0.2, 0) is 0 Å². The highest BCUT2D eigenvalue weighted by Crippen LogP contribution is 2.37. The quantitative estimate of drug-likeness (QED) is 0.753. The smallest absolute Gasteiger partial charge is 0.169 e. The van der Waals surface area contributed by atoms with Crippen molar-refractivity contribution in [3.63, 3.8) is 0 Å². The summed E-state index contributed by atoms with van der Waals surface area (Å²) in [5.41, 5.74) is 8.20. The number of nitrogens with two attached hydrogens (primary N) is 1. The second-order valence-corrected chi connectivity index (χ2v) is 3.87. The zero-order chi connectivity index (χ0) is 11.1. The highest BCUT2D eigenvalue weighted by atomic mass is 16.3. The molecule has 6 nitrogen and oxygen atoms in total. The number of hydrogen-bond donors (Lipinski definition) is 2. The van der Waals surface area contributed by atoms with Gasteiger partial charge in [-0.2, -0.15) is 0 Å². The van der Waals surface area contributed by atoms with Crippen molar-refractivity contribution in [1.29, 1.82) is 0 Å². The number of aliphatic hydroxyl groups excluding tert-OH is 1. The fraction of sp³-hybridized carbons (Fsp3) is 0.300. The molecule has 2 aromatic heterocycles. The van der Waals surface area contributed by atoms with Gasteiger partial charge in [-0.05, 0) is 12.0 Å². The molecule has 1 saturated carbocycles. The minimum Gasteiger partial charge on any atom is -0.396 e. The summed E-state index contributed by atoms with van der Waals surface area (Å²) in [6.45, 7) is 0.204. The highest BCUT2D eigenvalue weighted by Gasteiger charge is 2.28. The van der Waals surface area contributed by atoms with Gasteiger partial charge in [-0.1, -0.05) is 0 Å². The summed E-state index contributed by atoms with van der Waals surface area (Å²) in [6, 6.07) is 0. The maximum Gasteiger partial charge on any atom is 0.169 e. The van der Waals surface area contributed by atoms with E-state index in [4.69, 9.17) is 10.8 Å². The number of fused-ring (bicyclic) bond motifs is 1. The van der Waals surface area contributed by atoms with Gasteiger partial charge in [0, 0.05) is 18.7 Å². The normalized spacial score (nSPS) is 21.8. The van der Waals surface area contributed by atoms with Crippen molar-refractivity contribution in [2.75, 3.05) is 12.3 Å². The molecule has 1 atom stereocenters. The van der Waals surface area contributed by atoms with E-state index in [1.54, 1.807) is 6.33 Å². The van der Waals surface area contributed by atoms with Gasteiger partial charge < -0.3 is 10.8 Å². The Labute approximate surface area is 91.5 Å². The third-order valence-corrected chi connectivity index (χ3v) is 2.76. The third kappa shape index (κ3) is 1.35. The first-order valence-corrected chi connectivity index (χ1v) is 5.04. The summed E-state index contributed by atoms with van der Waals surface area (Å²) in [5.74, 6) is 0.688. The SMILES string of the molecule is Nc1ncnc2c1ncn2/C=C1\C[C@H]1CO. The van der Waals surface area contributed by atoms with Crippen LogP contribution in [0, 0.1) is 5.92 Å². The number of nitrogens with zero attached hydrogens (tertiary/aromatic N) is 4. The predicted molar refractivity (Wildman–Crippen MR) is 59.2 cm³/mol. The van der Waals surface area contributed by atoms with E-state index in [1.165, 1.54) is 11.9 Å². The lowest BCUT2D eigenvalue weighted by Gasteiger charge is -1.95. The zero-order valence-corrected chi connectivity index (χ0v) is 8.54. The van der Waals surface area contributed by atoms with E-state index in [-0.39, 0.29) is 6.61 Å². The van der Waals surface area contributed by atoms with Crippen molar-refractivity contribution >= 4 is 23.2 Å². The second kappa shape index (κ2) is 3.28. The van der Waals surface area contributed by atoms with E-state index in [0.717, 1.165) is 6.42 Å². The van der Waals surface area contributed by atoms with Crippen molar-refractivity contribution in [3.8, 4) is 0 Å². The van der Waals surface area contributed by atoms with E-state index >= 15 is 0 Å². The van der Waals surface area contributed by atoms with Crippen LogP contribution in [0.15, 0.2) is 18.2 Å². The zero-order valence-electron chi connectivity index (χ0n) is 8.54. The molecule has 0 unspecified atom stereocenters. The first-order valence-electron chi connectivity index (χ1n) is 5.04. The van der Waals surface area contributed by atoms with E-state index in [0.29, 0.717) is 22.9 Å². The summed E-state index contributed by atoms with van der Waals surface area (Å²) in [7, 11) is 0. The number of anilines is 1. The number of aliphatic hydroxyl groups is 1. The number of imidazole rings is 1. The fourth-order valence-corrected chi connectivity index (χ4v) is 1.71. The minimum absolute atomic E-state index is 0.204. The van der Waals surface area contributed by atoms with E-state index in [9.17, 15) is 0 Å². The standard InChI is InChI=1S/C10H11N5O/c11-9-8-10(13-4-12-9)15(5-14-8)2-6-1-7(6)3-16/h2,4-5,7,16H,1,3H2,(H2,11,12,13)/b6-2+/t7-/m0/s1. The molecule has 82 valence electrons. The van der Waals surface area contributed by atoms with Crippen LogP contribution in [0.3, 0.4) is 0 Å². The van der Waals surface area contributed by atoms with Crippen LogP contribution >= 0.6 is 0 Å². The maximum atomic E-state index is 8.95. The largest absolute Gasteiger partial charge is 0.396 e. The first kappa shape index (κ1) is 9.29. The number of hydrogen-bond acceptors (Lipinski definition) is 5. The van der Waals surface area contributed by atoms with Gasteiger partial charge in [0.05, 0.1) is 0 Å². The van der Waals surface area contributed by atoms with Crippen LogP contribution in [0.5, 0.6) is 0 Å². The van der Waals surface area contributed by atoms with Gasteiger partial charge in [-0.3, -0.25) is 4.57 Å². The molecule has 1 fully saturated rings. The van der Waals surface area contributed by atoms with Crippen molar-refractivity contribution in [2.45, 2.75) is 6.42 Å². The molecule has 16 heavy (non-hydrogen) atoms. The Bertz CT molecular complexity index is 574. The van der Waals surface area contributed by atoms with Gasteiger partial charge in [-0.25, -0.2) is 15.0 Å². The van der Waals surface area contributed by atoms with Crippen LogP contribution in [-0.4, -0.2) is 31.2 Å². The molecule has 1 aliphatic rings. The molecular weight excluding hydrogens is 206 g/mol. The van der Waals surface area contributed by atoms with Gasteiger partial charge in [0.15, 0.2) is 17.0 Å². The molecule has 0 bridgehead atoms. The Morgan fingerprint density at radius 2 is 2.38 bits per heavy atom. The van der Waals surface area contributed by atoms with E-state index < -0.39 is 0 Å². The second-order valence-electron chi connectivity index (χ2n) is 3.87. The summed E-state index contributed by atoms with van der Waals surface area (Å²) in [4.78, 5) is 12.2. The van der Waals surface area contributed by atoms with Crippen molar-refractivity contribution < 1.29 is 5.11 Å². The summed E-state index contributed by atoms with van der Waals surface area (Å²) < 4.78 is 1.82. The van der Waals surface area contributed by atoms with E-state index in [2.05, 4.69) is 15.0 Å². The molecular formula is C10H11N5O. The predicted octanol–water partition coefficient (Wildman–Crippen LogP) is 0.262. The average Bonchev–Trinajstić information content (AvgIpc) is 2.91. The number of rotatable bonds is 2. The molecule has 1 aliphatic carbocycles. The van der Waals surface area contributed by atoms with Crippen molar-refractivity contribution in [1.82, 2.24) is 19.5 Å².